The monoisotopic (exact) mass is 311 g/mol. The number of hydroxylamine groups is 1. The first kappa shape index (κ1) is 15.9. The topological polar surface area (TPSA) is 47.6 Å². The molecule has 0 aromatic heterocycles. The molecule has 114 valence electrons. The summed E-state index contributed by atoms with van der Waals surface area (Å²) in [7, 11) is 0. The van der Waals surface area contributed by atoms with Crippen molar-refractivity contribution in [3.8, 4) is 0 Å². The van der Waals surface area contributed by atoms with Gasteiger partial charge in [0.15, 0.2) is 0 Å². The lowest BCUT2D eigenvalue weighted by molar-refractivity contribution is -0.0126. The average molecular weight is 311 g/mol. The van der Waals surface area contributed by atoms with Crippen LogP contribution in [0.1, 0.15) is 36.7 Å². The second kappa shape index (κ2) is 6.49. The highest BCUT2D eigenvalue weighted by Gasteiger charge is 2.24. The number of thioether (sulfide) groups is 1. The number of carbonyl (C=O) groups is 1. The lowest BCUT2D eigenvalue weighted by Gasteiger charge is -2.11. The molecule has 1 aromatic carbocycles. The van der Waals surface area contributed by atoms with Crippen LogP contribution in [0.15, 0.2) is 29.3 Å². The van der Waals surface area contributed by atoms with Gasteiger partial charge in [0.05, 0.1) is 17.2 Å². The maximum absolute atomic E-state index is 14.0. The molecule has 0 bridgehead atoms. The lowest BCUT2D eigenvalue weighted by atomic mass is 10.1. The fourth-order valence-corrected chi connectivity index (χ4v) is 2.80. The third kappa shape index (κ3) is 4.22. The molecule has 0 saturated heterocycles. The zero-order valence-corrected chi connectivity index (χ0v) is 13.1. The summed E-state index contributed by atoms with van der Waals surface area (Å²) in [6.07, 6.45) is 1.95. The Morgan fingerprint density at radius 2 is 2.24 bits per heavy atom. The second-order valence-electron chi connectivity index (χ2n) is 5.13. The van der Waals surface area contributed by atoms with Crippen LogP contribution in [0, 0.1) is 5.82 Å². The van der Waals surface area contributed by atoms with Crippen LogP contribution in [0.3, 0.4) is 0 Å². The number of carbonyl (C=O) groups excluding carboxylic acids is 1. The Balaban J connectivity index is 2.00. The maximum Gasteiger partial charge on any atom is 0.338 e. The summed E-state index contributed by atoms with van der Waals surface area (Å²) in [5, 5.41) is 0.855. The van der Waals surface area contributed by atoms with Crippen LogP contribution in [-0.2, 0) is 15.3 Å². The van der Waals surface area contributed by atoms with Crippen molar-refractivity contribution < 1.29 is 18.8 Å². The van der Waals surface area contributed by atoms with E-state index in [-0.39, 0.29) is 17.8 Å². The highest BCUT2D eigenvalue weighted by atomic mass is 32.2. The van der Waals surface area contributed by atoms with E-state index in [0.29, 0.717) is 11.3 Å². The van der Waals surface area contributed by atoms with E-state index in [1.165, 1.54) is 17.8 Å². The van der Waals surface area contributed by atoms with Crippen LogP contribution in [0.4, 0.5) is 4.39 Å². The third-order valence-electron chi connectivity index (χ3n) is 2.84. The van der Waals surface area contributed by atoms with Gasteiger partial charge >= 0.3 is 5.97 Å². The Kier molecular flexibility index (Phi) is 4.90. The first-order chi connectivity index (χ1) is 9.91. The largest absolute Gasteiger partial charge is 0.462 e. The summed E-state index contributed by atoms with van der Waals surface area (Å²) < 4.78 is 18.8. The first-order valence-corrected chi connectivity index (χ1v) is 7.65. The molecule has 6 heteroatoms. The molecule has 4 nitrogen and oxygen atoms in total. The molecule has 0 spiro atoms. The van der Waals surface area contributed by atoms with Gasteiger partial charge in [-0.3, -0.25) is 10.3 Å². The summed E-state index contributed by atoms with van der Waals surface area (Å²) in [5.41, 5.74) is 3.21. The van der Waals surface area contributed by atoms with E-state index in [0.717, 1.165) is 5.03 Å². The van der Waals surface area contributed by atoms with Gasteiger partial charge in [0.2, 0.25) is 0 Å². The minimum atomic E-state index is -0.508. The molecule has 0 fully saturated rings. The SMILES string of the molecule is CCOC(=O)c1ccc(CSC2=CC(C)(C)ON2)c(F)c1. The second-order valence-corrected chi connectivity index (χ2v) is 6.15. The van der Waals surface area contributed by atoms with Crippen molar-refractivity contribution >= 4 is 17.7 Å². The highest BCUT2D eigenvalue weighted by molar-refractivity contribution is 8.02. The van der Waals surface area contributed by atoms with Gasteiger partial charge in [-0.25, -0.2) is 9.18 Å². The van der Waals surface area contributed by atoms with Crippen molar-refractivity contribution in [3.63, 3.8) is 0 Å². The highest BCUT2D eigenvalue weighted by Crippen LogP contribution is 2.29. The van der Waals surface area contributed by atoms with Gasteiger partial charge in [-0.2, -0.15) is 0 Å². The van der Waals surface area contributed by atoms with Crippen molar-refractivity contribution in [1.29, 1.82) is 0 Å². The van der Waals surface area contributed by atoms with E-state index in [1.54, 1.807) is 19.1 Å². The summed E-state index contributed by atoms with van der Waals surface area (Å²) in [6, 6.07) is 4.40. The number of benzene rings is 1. The molecular formula is C15H18FNO3S. The number of halogens is 1. The quantitative estimate of drug-likeness (QED) is 0.845. The number of hydrogen-bond acceptors (Lipinski definition) is 5. The summed E-state index contributed by atoms with van der Waals surface area (Å²) in [4.78, 5) is 16.8. The van der Waals surface area contributed by atoms with Crippen molar-refractivity contribution in [3.05, 3.63) is 46.2 Å². The minimum absolute atomic E-state index is 0.228. The molecule has 21 heavy (non-hydrogen) atoms. The smallest absolute Gasteiger partial charge is 0.338 e. The van der Waals surface area contributed by atoms with Gasteiger partial charge in [-0.15, -0.1) is 11.8 Å². The number of esters is 1. The molecule has 1 aliphatic rings. The van der Waals surface area contributed by atoms with Gasteiger partial charge in [0.25, 0.3) is 0 Å². The normalized spacial score (nSPS) is 16.3. The predicted molar refractivity (Wildman–Crippen MR) is 80.0 cm³/mol. The van der Waals surface area contributed by atoms with Gasteiger partial charge in [0, 0.05) is 5.75 Å². The Morgan fingerprint density at radius 3 is 2.81 bits per heavy atom. The Hall–Kier alpha value is -1.53. The molecule has 2 rings (SSSR count). The summed E-state index contributed by atoms with van der Waals surface area (Å²) >= 11 is 1.45. The average Bonchev–Trinajstić information content (AvgIpc) is 2.77. The number of ether oxygens (including phenoxy) is 1. The molecular weight excluding hydrogens is 293 g/mol. The van der Waals surface area contributed by atoms with Gasteiger partial charge in [-0.05, 0) is 44.5 Å². The van der Waals surface area contributed by atoms with Gasteiger partial charge < -0.3 is 4.74 Å². The van der Waals surface area contributed by atoms with Crippen LogP contribution in [0.25, 0.3) is 0 Å². The molecule has 1 aromatic rings. The fraction of sp³-hybridized carbons (Fsp3) is 0.400. The van der Waals surface area contributed by atoms with Crippen LogP contribution in [0.2, 0.25) is 0 Å². The molecule has 1 N–H and O–H groups in total. The minimum Gasteiger partial charge on any atom is -0.462 e. The van der Waals surface area contributed by atoms with E-state index in [2.05, 4.69) is 5.48 Å². The summed E-state index contributed by atoms with van der Waals surface area (Å²) in [6.45, 7) is 5.85. The standard InChI is InChI=1S/C15H18FNO3S/c1-4-19-14(18)10-5-6-11(12(16)7-10)9-21-13-8-15(2,3)20-17-13/h5-8,17H,4,9H2,1-3H3. The Labute approximate surface area is 127 Å². The number of rotatable bonds is 5. The van der Waals surface area contributed by atoms with Crippen LogP contribution in [0.5, 0.6) is 0 Å². The van der Waals surface area contributed by atoms with Crippen molar-refractivity contribution in [2.45, 2.75) is 32.1 Å². The number of nitrogens with one attached hydrogen (secondary N) is 1. The molecule has 1 aliphatic heterocycles. The molecule has 0 radical (unpaired) electrons. The van der Waals surface area contributed by atoms with Gasteiger partial charge in [0.1, 0.15) is 11.4 Å². The fourth-order valence-electron chi connectivity index (χ4n) is 1.79. The summed E-state index contributed by atoms with van der Waals surface area (Å²) in [5.74, 6) is -0.467. The molecule has 0 aliphatic carbocycles. The van der Waals surface area contributed by atoms with Gasteiger partial charge in [-0.1, -0.05) is 6.07 Å². The van der Waals surface area contributed by atoms with E-state index >= 15 is 0 Å². The lowest BCUT2D eigenvalue weighted by Crippen LogP contribution is -2.20. The van der Waals surface area contributed by atoms with Crippen molar-refractivity contribution in [1.82, 2.24) is 5.48 Å². The Morgan fingerprint density at radius 1 is 1.48 bits per heavy atom. The zero-order chi connectivity index (χ0) is 15.5. The van der Waals surface area contributed by atoms with E-state index in [4.69, 9.17) is 9.57 Å². The molecule has 0 atom stereocenters. The van der Waals surface area contributed by atoms with Crippen LogP contribution < -0.4 is 5.48 Å². The third-order valence-corrected chi connectivity index (χ3v) is 3.81. The molecule has 0 unspecified atom stereocenters. The van der Waals surface area contributed by atoms with E-state index in [1.807, 2.05) is 19.9 Å². The predicted octanol–water partition coefficient (Wildman–Crippen LogP) is 3.39. The number of hydrogen-bond donors (Lipinski definition) is 1. The van der Waals surface area contributed by atoms with E-state index in [9.17, 15) is 9.18 Å². The van der Waals surface area contributed by atoms with E-state index < -0.39 is 11.8 Å². The molecule has 1 heterocycles. The van der Waals surface area contributed by atoms with Crippen molar-refractivity contribution in [2.75, 3.05) is 6.61 Å². The van der Waals surface area contributed by atoms with Crippen molar-refractivity contribution in [2.24, 2.45) is 0 Å². The maximum atomic E-state index is 14.0. The first-order valence-electron chi connectivity index (χ1n) is 6.66. The Bertz CT molecular complexity index is 572. The molecule has 0 amide bonds. The molecule has 0 saturated carbocycles. The van der Waals surface area contributed by atoms with Crippen LogP contribution in [-0.4, -0.2) is 18.2 Å². The zero-order valence-electron chi connectivity index (χ0n) is 12.2. The van der Waals surface area contributed by atoms with Crippen LogP contribution >= 0.6 is 11.8 Å².